The molecule has 0 saturated carbocycles. The van der Waals surface area contributed by atoms with Crippen molar-refractivity contribution < 1.29 is 4.74 Å². The first-order valence-electron chi connectivity index (χ1n) is 7.51. The van der Waals surface area contributed by atoms with Gasteiger partial charge in [-0.05, 0) is 6.42 Å². The summed E-state index contributed by atoms with van der Waals surface area (Å²) >= 11 is 6.08. The summed E-state index contributed by atoms with van der Waals surface area (Å²) in [4.78, 5) is 7.11. The molecule has 6 nitrogen and oxygen atoms in total. The summed E-state index contributed by atoms with van der Waals surface area (Å²) < 4.78 is 9.53. The Morgan fingerprint density at radius 3 is 2.67 bits per heavy atom. The molecular formula is C14H22ClN5O. The van der Waals surface area contributed by atoms with Crippen molar-refractivity contribution in [3.8, 4) is 0 Å². The van der Waals surface area contributed by atoms with Crippen LogP contribution < -0.4 is 0 Å². The van der Waals surface area contributed by atoms with Gasteiger partial charge in [0, 0.05) is 33.2 Å². The molecule has 2 aromatic heterocycles. The number of aromatic nitrogens is 4. The van der Waals surface area contributed by atoms with E-state index in [-0.39, 0.29) is 0 Å². The molecule has 0 aromatic carbocycles. The molecule has 0 aliphatic carbocycles. The molecule has 7 heteroatoms. The molecule has 0 amide bonds. The maximum absolute atomic E-state index is 6.08. The molecule has 1 aliphatic rings. The zero-order valence-corrected chi connectivity index (χ0v) is 13.4. The summed E-state index contributed by atoms with van der Waals surface area (Å²) in [6.07, 6.45) is 0.888. The smallest absolute Gasteiger partial charge is 0.158 e. The second kappa shape index (κ2) is 6.34. The van der Waals surface area contributed by atoms with Gasteiger partial charge in [-0.15, -0.1) is 11.6 Å². The molecule has 0 spiro atoms. The quantitative estimate of drug-likeness (QED) is 0.783. The number of hydrogen-bond donors (Lipinski definition) is 0. The third-order valence-corrected chi connectivity index (χ3v) is 4.31. The second-order valence-electron chi connectivity index (χ2n) is 5.36. The Balaban J connectivity index is 1.87. The first-order chi connectivity index (χ1) is 10.2. The van der Waals surface area contributed by atoms with E-state index >= 15 is 0 Å². The number of rotatable bonds is 5. The monoisotopic (exact) mass is 311 g/mol. The van der Waals surface area contributed by atoms with Crippen LogP contribution in [0.25, 0.3) is 11.2 Å². The maximum Gasteiger partial charge on any atom is 0.158 e. The van der Waals surface area contributed by atoms with Gasteiger partial charge < -0.3 is 9.30 Å². The van der Waals surface area contributed by atoms with Crippen LogP contribution in [0.3, 0.4) is 0 Å². The Bertz CT molecular complexity index is 614. The highest BCUT2D eigenvalue weighted by Gasteiger charge is 2.19. The number of alkyl halides is 1. The van der Waals surface area contributed by atoms with Gasteiger partial charge >= 0.3 is 0 Å². The van der Waals surface area contributed by atoms with Gasteiger partial charge in [0.25, 0.3) is 0 Å². The van der Waals surface area contributed by atoms with E-state index in [2.05, 4.69) is 21.5 Å². The van der Waals surface area contributed by atoms with Crippen LogP contribution in [0.2, 0.25) is 0 Å². The Morgan fingerprint density at radius 2 is 2.00 bits per heavy atom. The van der Waals surface area contributed by atoms with Crippen LogP contribution >= 0.6 is 11.6 Å². The third-order valence-electron chi connectivity index (χ3n) is 4.07. The lowest BCUT2D eigenvalue weighted by molar-refractivity contribution is 0.0364. The van der Waals surface area contributed by atoms with Crippen LogP contribution in [0.4, 0.5) is 0 Å². The SMILES string of the molecule is CCc1nn(C)c2c1nc(CCl)n2CCN1CCOCC1. The van der Waals surface area contributed by atoms with E-state index in [0.717, 1.165) is 68.5 Å². The highest BCUT2D eigenvalue weighted by molar-refractivity contribution is 6.16. The predicted octanol–water partition coefficient (Wildman–Crippen LogP) is 1.40. The van der Waals surface area contributed by atoms with Gasteiger partial charge in [-0.3, -0.25) is 9.58 Å². The first-order valence-corrected chi connectivity index (χ1v) is 8.05. The summed E-state index contributed by atoms with van der Waals surface area (Å²) in [7, 11) is 1.98. The van der Waals surface area contributed by atoms with Gasteiger partial charge in [0.05, 0.1) is 24.8 Å². The molecule has 116 valence electrons. The summed E-state index contributed by atoms with van der Waals surface area (Å²) in [5, 5.41) is 4.56. The Morgan fingerprint density at radius 1 is 1.24 bits per heavy atom. The van der Waals surface area contributed by atoms with Gasteiger partial charge in [-0.2, -0.15) is 5.10 Å². The van der Waals surface area contributed by atoms with E-state index < -0.39 is 0 Å². The van der Waals surface area contributed by atoms with Crippen LogP contribution in [0, 0.1) is 0 Å². The predicted molar refractivity (Wildman–Crippen MR) is 82.7 cm³/mol. The van der Waals surface area contributed by atoms with Crippen LogP contribution in [0.5, 0.6) is 0 Å². The van der Waals surface area contributed by atoms with Gasteiger partial charge in [-0.1, -0.05) is 6.92 Å². The van der Waals surface area contributed by atoms with Crippen molar-refractivity contribution in [2.75, 3.05) is 32.8 Å². The highest BCUT2D eigenvalue weighted by Crippen LogP contribution is 2.21. The normalized spacial score (nSPS) is 16.9. The molecule has 0 unspecified atom stereocenters. The van der Waals surface area contributed by atoms with E-state index in [1.165, 1.54) is 0 Å². The Hall–Kier alpha value is -1.11. The van der Waals surface area contributed by atoms with E-state index in [0.29, 0.717) is 5.88 Å². The van der Waals surface area contributed by atoms with Crippen molar-refractivity contribution >= 4 is 22.8 Å². The van der Waals surface area contributed by atoms with Gasteiger partial charge in [-0.25, -0.2) is 4.98 Å². The fourth-order valence-electron chi connectivity index (χ4n) is 2.93. The lowest BCUT2D eigenvalue weighted by Crippen LogP contribution is -2.38. The van der Waals surface area contributed by atoms with Crippen LogP contribution in [0.1, 0.15) is 18.4 Å². The van der Waals surface area contributed by atoms with Crippen LogP contribution in [-0.4, -0.2) is 57.1 Å². The summed E-state index contributed by atoms with van der Waals surface area (Å²) in [5.74, 6) is 1.36. The molecule has 1 fully saturated rings. The molecule has 2 aromatic rings. The fourth-order valence-corrected chi connectivity index (χ4v) is 3.13. The molecular weight excluding hydrogens is 290 g/mol. The average Bonchev–Trinajstić information content (AvgIpc) is 3.03. The van der Waals surface area contributed by atoms with E-state index in [4.69, 9.17) is 21.3 Å². The number of aryl methyl sites for hydroxylation is 2. The molecule has 1 saturated heterocycles. The number of morpholine rings is 1. The second-order valence-corrected chi connectivity index (χ2v) is 5.63. The number of imidazole rings is 1. The van der Waals surface area contributed by atoms with Crippen molar-refractivity contribution in [3.05, 3.63) is 11.5 Å². The Kier molecular flexibility index (Phi) is 4.47. The molecule has 0 atom stereocenters. The molecule has 0 radical (unpaired) electrons. The highest BCUT2D eigenvalue weighted by atomic mass is 35.5. The molecule has 0 bridgehead atoms. The molecule has 1 aliphatic heterocycles. The lowest BCUT2D eigenvalue weighted by Gasteiger charge is -2.26. The van der Waals surface area contributed by atoms with E-state index in [1.807, 2.05) is 11.7 Å². The number of hydrogen-bond acceptors (Lipinski definition) is 4. The molecule has 0 N–H and O–H groups in total. The average molecular weight is 312 g/mol. The summed E-state index contributed by atoms with van der Waals surface area (Å²) in [5.41, 5.74) is 3.12. The minimum atomic E-state index is 0.431. The zero-order chi connectivity index (χ0) is 14.8. The van der Waals surface area contributed by atoms with Crippen molar-refractivity contribution in [1.29, 1.82) is 0 Å². The zero-order valence-electron chi connectivity index (χ0n) is 12.7. The largest absolute Gasteiger partial charge is 0.379 e. The van der Waals surface area contributed by atoms with Crippen LogP contribution in [-0.2, 0) is 30.6 Å². The standard InChI is InChI=1S/C14H22ClN5O/c1-3-11-13-14(18(2)17-11)20(12(10-15)16-13)5-4-19-6-8-21-9-7-19/h3-10H2,1-2H3. The minimum absolute atomic E-state index is 0.431. The molecule has 3 rings (SSSR count). The third kappa shape index (κ3) is 2.80. The first kappa shape index (κ1) is 14.8. The maximum atomic E-state index is 6.08. The number of fused-ring (bicyclic) bond motifs is 1. The number of halogens is 1. The van der Waals surface area contributed by atoms with Crippen LogP contribution in [0.15, 0.2) is 0 Å². The van der Waals surface area contributed by atoms with Gasteiger partial charge in [0.15, 0.2) is 5.65 Å². The van der Waals surface area contributed by atoms with Crippen molar-refractivity contribution in [3.63, 3.8) is 0 Å². The lowest BCUT2D eigenvalue weighted by atomic mass is 10.3. The molecule has 21 heavy (non-hydrogen) atoms. The van der Waals surface area contributed by atoms with E-state index in [9.17, 15) is 0 Å². The summed E-state index contributed by atoms with van der Waals surface area (Å²) in [6, 6.07) is 0. The number of nitrogens with zero attached hydrogens (tertiary/aromatic N) is 5. The van der Waals surface area contributed by atoms with Crippen molar-refractivity contribution in [2.24, 2.45) is 7.05 Å². The topological polar surface area (TPSA) is 48.1 Å². The number of ether oxygens (including phenoxy) is 1. The fraction of sp³-hybridized carbons (Fsp3) is 0.714. The van der Waals surface area contributed by atoms with Crippen molar-refractivity contribution in [2.45, 2.75) is 25.8 Å². The summed E-state index contributed by atoms with van der Waals surface area (Å²) in [6.45, 7) is 7.64. The van der Waals surface area contributed by atoms with E-state index in [1.54, 1.807) is 0 Å². The Labute approximate surface area is 129 Å². The molecule has 3 heterocycles. The minimum Gasteiger partial charge on any atom is -0.379 e. The van der Waals surface area contributed by atoms with Gasteiger partial charge in [0.2, 0.25) is 0 Å². The van der Waals surface area contributed by atoms with Crippen molar-refractivity contribution in [1.82, 2.24) is 24.2 Å². The van der Waals surface area contributed by atoms with Gasteiger partial charge in [0.1, 0.15) is 11.3 Å².